The molecule has 1 N–H and O–H groups in total. The van der Waals surface area contributed by atoms with Crippen LogP contribution in [0.1, 0.15) is 32.0 Å². The van der Waals surface area contributed by atoms with Crippen LogP contribution in [0.4, 0.5) is 11.6 Å². The van der Waals surface area contributed by atoms with E-state index in [0.717, 1.165) is 18.3 Å². The summed E-state index contributed by atoms with van der Waals surface area (Å²) in [5.41, 5.74) is 1.28. The Morgan fingerprint density at radius 3 is 2.45 bits per heavy atom. The van der Waals surface area contributed by atoms with Gasteiger partial charge in [0.05, 0.1) is 23.9 Å². The van der Waals surface area contributed by atoms with Crippen molar-refractivity contribution in [1.82, 2.24) is 14.8 Å². The second-order valence-corrected chi connectivity index (χ2v) is 21.0. The zero-order valence-corrected chi connectivity index (χ0v) is 22.2. The van der Waals surface area contributed by atoms with Crippen molar-refractivity contribution in [2.45, 2.75) is 77.9 Å². The zero-order valence-electron chi connectivity index (χ0n) is 20.2. The summed E-state index contributed by atoms with van der Waals surface area (Å²) in [6.45, 7) is 19.6. The number of rotatable bonds is 10. The molecule has 0 unspecified atom stereocenters. The minimum absolute atomic E-state index is 0.116. The largest absolute Gasteiger partial charge is 0.411 e. The van der Waals surface area contributed by atoms with Crippen molar-refractivity contribution in [2.75, 3.05) is 11.9 Å². The van der Waals surface area contributed by atoms with E-state index < -0.39 is 16.4 Å². The Morgan fingerprint density at radius 1 is 1.13 bits per heavy atom. The molecule has 0 aliphatic carbocycles. The van der Waals surface area contributed by atoms with E-state index in [1.54, 1.807) is 16.8 Å². The fourth-order valence-electron chi connectivity index (χ4n) is 2.43. The highest BCUT2D eigenvalue weighted by Crippen LogP contribution is 2.37. The molecule has 0 aromatic carbocycles. The quantitative estimate of drug-likeness (QED) is 0.361. The van der Waals surface area contributed by atoms with Crippen LogP contribution in [0.15, 0.2) is 24.4 Å². The lowest BCUT2D eigenvalue weighted by Crippen LogP contribution is -2.40. The van der Waals surface area contributed by atoms with Crippen molar-refractivity contribution in [3.05, 3.63) is 35.7 Å². The van der Waals surface area contributed by atoms with Crippen LogP contribution < -0.4 is 5.32 Å². The fourth-order valence-corrected chi connectivity index (χ4v) is 4.13. The van der Waals surface area contributed by atoms with E-state index in [2.05, 4.69) is 75.0 Å². The van der Waals surface area contributed by atoms with E-state index in [4.69, 9.17) is 9.16 Å². The van der Waals surface area contributed by atoms with Gasteiger partial charge in [-0.3, -0.25) is 0 Å². The Labute approximate surface area is 188 Å². The van der Waals surface area contributed by atoms with Gasteiger partial charge in [0.15, 0.2) is 14.1 Å². The average molecular weight is 460 g/mol. The molecule has 0 aliphatic heterocycles. The van der Waals surface area contributed by atoms with Gasteiger partial charge >= 0.3 is 0 Å². The normalized spacial score (nSPS) is 12.6. The van der Waals surface area contributed by atoms with Gasteiger partial charge in [0.2, 0.25) is 0 Å². The van der Waals surface area contributed by atoms with Crippen molar-refractivity contribution in [3.8, 4) is 6.07 Å². The molecule has 2 rings (SSSR count). The second-order valence-electron chi connectivity index (χ2n) is 10.6. The molecule has 2 aromatic rings. The maximum Gasteiger partial charge on any atom is 0.192 e. The molecule has 0 saturated heterocycles. The third kappa shape index (κ3) is 8.22. The lowest BCUT2D eigenvalue weighted by Gasteiger charge is -2.36. The highest BCUT2D eigenvalue weighted by Gasteiger charge is 2.37. The highest BCUT2D eigenvalue weighted by atomic mass is 28.4. The third-order valence-corrected chi connectivity index (χ3v) is 11.7. The average Bonchev–Trinajstić information content (AvgIpc) is 3.09. The molecule has 9 heteroatoms. The number of ether oxygens (including phenoxy) is 1. The maximum absolute atomic E-state index is 9.42. The van der Waals surface area contributed by atoms with Crippen LogP contribution in [-0.2, 0) is 22.5 Å². The summed E-state index contributed by atoms with van der Waals surface area (Å²) in [7, 11) is -3.00. The predicted molar refractivity (Wildman–Crippen MR) is 131 cm³/mol. The van der Waals surface area contributed by atoms with Gasteiger partial charge in [-0.25, -0.2) is 9.67 Å². The van der Waals surface area contributed by atoms with Crippen LogP contribution in [0.2, 0.25) is 43.8 Å². The predicted octanol–water partition coefficient (Wildman–Crippen LogP) is 5.73. The third-order valence-electron chi connectivity index (χ3n) is 5.51. The molecule has 2 heterocycles. The molecular formula is C22H37N5O2Si2. The molecule has 170 valence electrons. The molecule has 0 fully saturated rings. The summed E-state index contributed by atoms with van der Waals surface area (Å²) in [5.74, 6) is 1.24. The van der Waals surface area contributed by atoms with Crippen LogP contribution in [0, 0.1) is 11.3 Å². The van der Waals surface area contributed by atoms with Crippen molar-refractivity contribution in [1.29, 1.82) is 5.26 Å². The Morgan fingerprint density at radius 2 is 1.84 bits per heavy atom. The second kappa shape index (κ2) is 10.1. The molecule has 0 radical (unpaired) electrons. The molecule has 7 nitrogen and oxygen atoms in total. The maximum atomic E-state index is 9.42. The topological polar surface area (TPSA) is 85.0 Å². The van der Waals surface area contributed by atoms with Crippen LogP contribution in [0.25, 0.3) is 0 Å². The van der Waals surface area contributed by atoms with Gasteiger partial charge in [-0.1, -0.05) is 40.4 Å². The number of hydrogen-bond donors (Lipinski definition) is 1. The van der Waals surface area contributed by atoms with E-state index in [1.807, 2.05) is 12.3 Å². The molecule has 31 heavy (non-hydrogen) atoms. The zero-order chi connectivity index (χ0) is 23.3. The molecule has 0 saturated carbocycles. The van der Waals surface area contributed by atoms with Crippen molar-refractivity contribution < 1.29 is 9.16 Å². The summed E-state index contributed by atoms with van der Waals surface area (Å²) in [6, 6.07) is 8.71. The Hall–Kier alpha value is -2.00. The molecule has 2 aromatic heterocycles. The minimum atomic E-state index is -1.90. The van der Waals surface area contributed by atoms with E-state index in [0.29, 0.717) is 30.5 Å². The molecule has 0 amide bonds. The van der Waals surface area contributed by atoms with Gasteiger partial charge in [-0.05, 0) is 36.3 Å². The SMILES string of the molecule is CC(C)(C)[Si](C)(C)OCc1cc(C#N)cc(Nc2ccn(COCC[Si](C)(C)C)n2)n1. The van der Waals surface area contributed by atoms with Crippen LogP contribution >= 0.6 is 0 Å². The first-order valence-corrected chi connectivity index (χ1v) is 17.3. The Balaban J connectivity index is 2.01. The van der Waals surface area contributed by atoms with Crippen molar-refractivity contribution in [2.24, 2.45) is 0 Å². The van der Waals surface area contributed by atoms with Crippen molar-refractivity contribution in [3.63, 3.8) is 0 Å². The standard InChI is InChI=1S/C22H37N5O2Si2/c1-22(2,3)31(7,8)29-16-19-13-18(15-23)14-21(24-19)25-20-9-10-27(26-20)17-28-11-12-30(4,5)6/h9-10,13-14H,11-12,16-17H2,1-8H3,(H,24,25,26). The molecule has 0 bridgehead atoms. The number of hydrogen-bond acceptors (Lipinski definition) is 6. The van der Waals surface area contributed by atoms with Gasteiger partial charge in [0, 0.05) is 26.9 Å². The van der Waals surface area contributed by atoms with E-state index in [9.17, 15) is 5.26 Å². The van der Waals surface area contributed by atoms with E-state index in [-0.39, 0.29) is 5.04 Å². The number of nitrogens with one attached hydrogen (secondary N) is 1. The highest BCUT2D eigenvalue weighted by molar-refractivity contribution is 6.76. The minimum Gasteiger partial charge on any atom is -0.411 e. The van der Waals surface area contributed by atoms with Crippen LogP contribution in [-0.4, -0.2) is 37.8 Å². The van der Waals surface area contributed by atoms with Gasteiger partial charge in [0.25, 0.3) is 0 Å². The van der Waals surface area contributed by atoms with Crippen molar-refractivity contribution >= 4 is 28.0 Å². The lowest BCUT2D eigenvalue weighted by atomic mass is 10.2. The summed E-state index contributed by atoms with van der Waals surface area (Å²) in [4.78, 5) is 4.63. The first-order chi connectivity index (χ1) is 14.3. The number of anilines is 2. The molecule has 0 spiro atoms. The first-order valence-electron chi connectivity index (χ1n) is 10.7. The lowest BCUT2D eigenvalue weighted by molar-refractivity contribution is 0.0788. The summed E-state index contributed by atoms with van der Waals surface area (Å²) in [5, 5.41) is 17.2. The Kier molecular flexibility index (Phi) is 8.22. The summed E-state index contributed by atoms with van der Waals surface area (Å²) < 4.78 is 13.8. The van der Waals surface area contributed by atoms with E-state index >= 15 is 0 Å². The molecule has 0 atom stereocenters. The van der Waals surface area contributed by atoms with E-state index in [1.165, 1.54) is 0 Å². The number of aromatic nitrogens is 3. The van der Waals surface area contributed by atoms with Gasteiger partial charge in [-0.15, -0.1) is 0 Å². The molecule has 0 aliphatic rings. The van der Waals surface area contributed by atoms with Crippen LogP contribution in [0.5, 0.6) is 0 Å². The fraction of sp³-hybridized carbons (Fsp3) is 0.591. The first kappa shape index (κ1) is 25.3. The number of pyridine rings is 1. The smallest absolute Gasteiger partial charge is 0.192 e. The molecular weight excluding hydrogens is 422 g/mol. The Bertz CT molecular complexity index is 908. The monoisotopic (exact) mass is 459 g/mol. The number of nitriles is 1. The summed E-state index contributed by atoms with van der Waals surface area (Å²) >= 11 is 0. The van der Waals surface area contributed by atoms with Gasteiger partial charge < -0.3 is 14.5 Å². The van der Waals surface area contributed by atoms with Gasteiger partial charge in [0.1, 0.15) is 12.5 Å². The number of nitrogens with zero attached hydrogens (tertiary/aromatic N) is 4. The van der Waals surface area contributed by atoms with Gasteiger partial charge in [-0.2, -0.15) is 10.4 Å². The van der Waals surface area contributed by atoms with Crippen LogP contribution in [0.3, 0.4) is 0 Å². The summed E-state index contributed by atoms with van der Waals surface area (Å²) in [6.07, 6.45) is 1.87.